The Balaban J connectivity index is 2.26. The van der Waals surface area contributed by atoms with E-state index in [2.05, 4.69) is 32.7 Å². The highest BCUT2D eigenvalue weighted by atomic mass is 16.2. The summed E-state index contributed by atoms with van der Waals surface area (Å²) < 4.78 is 0. The van der Waals surface area contributed by atoms with Gasteiger partial charge in [0.1, 0.15) is 6.04 Å². The Morgan fingerprint density at radius 2 is 2.05 bits per heavy atom. The second kappa shape index (κ2) is 7.31. The Morgan fingerprint density at radius 3 is 2.71 bits per heavy atom. The molecule has 0 aromatic carbocycles. The predicted octanol–water partition coefficient (Wildman–Crippen LogP) is -0.0893. The molecular formula is C14H24N6O. The molecule has 1 aliphatic rings. The molecule has 0 bridgehead atoms. The number of carbonyl (C=O) groups is 1. The van der Waals surface area contributed by atoms with Gasteiger partial charge in [0, 0.05) is 26.2 Å². The summed E-state index contributed by atoms with van der Waals surface area (Å²) in [6.07, 6.45) is 1.65. The molecule has 21 heavy (non-hydrogen) atoms. The topological polar surface area (TPSA) is 83.0 Å². The smallest absolute Gasteiger partial charge is 0.246 e. The molecular weight excluding hydrogens is 268 g/mol. The Hall–Kier alpha value is -1.76. The fraction of sp³-hybridized carbons (Fsp3) is 0.714. The summed E-state index contributed by atoms with van der Waals surface area (Å²) in [7, 11) is 0. The first-order valence-corrected chi connectivity index (χ1v) is 7.68. The van der Waals surface area contributed by atoms with Crippen molar-refractivity contribution in [3.8, 4) is 0 Å². The first kappa shape index (κ1) is 15.6. The van der Waals surface area contributed by atoms with Gasteiger partial charge in [0.2, 0.25) is 11.9 Å². The van der Waals surface area contributed by atoms with Gasteiger partial charge < -0.3 is 15.5 Å². The molecule has 1 aromatic heterocycles. The zero-order valence-electron chi connectivity index (χ0n) is 13.0. The van der Waals surface area contributed by atoms with E-state index in [1.807, 2.05) is 18.7 Å². The normalized spacial score (nSPS) is 18.6. The number of carbonyl (C=O) groups excluding carboxylic acids is 1. The lowest BCUT2D eigenvalue weighted by Gasteiger charge is -2.35. The molecule has 1 aliphatic heterocycles. The molecule has 1 amide bonds. The quantitative estimate of drug-likeness (QED) is 0.789. The molecule has 0 spiro atoms. The molecule has 1 unspecified atom stereocenters. The van der Waals surface area contributed by atoms with E-state index in [-0.39, 0.29) is 11.9 Å². The molecule has 1 atom stereocenters. The van der Waals surface area contributed by atoms with E-state index in [9.17, 15) is 4.79 Å². The van der Waals surface area contributed by atoms with Gasteiger partial charge in [-0.3, -0.25) is 4.79 Å². The Kier molecular flexibility index (Phi) is 5.44. The van der Waals surface area contributed by atoms with Crippen LogP contribution in [0.3, 0.4) is 0 Å². The standard InChI is InChI=1S/C14H24N6O/c1-4-10-11(5-2)18-19-14(17-10)20-8-7-15-9-12(20)13(21)16-6-3/h12,15H,4-9H2,1-3H3,(H,16,21). The van der Waals surface area contributed by atoms with Crippen LogP contribution in [0.4, 0.5) is 5.95 Å². The van der Waals surface area contributed by atoms with E-state index < -0.39 is 0 Å². The van der Waals surface area contributed by atoms with Crippen LogP contribution >= 0.6 is 0 Å². The number of aryl methyl sites for hydroxylation is 2. The van der Waals surface area contributed by atoms with E-state index in [1.165, 1.54) is 0 Å². The third-order valence-corrected chi connectivity index (χ3v) is 3.65. The minimum absolute atomic E-state index is 0.00548. The molecule has 2 N–H and O–H groups in total. The molecule has 1 fully saturated rings. The molecule has 7 heteroatoms. The predicted molar refractivity (Wildman–Crippen MR) is 81.3 cm³/mol. The molecule has 2 rings (SSSR count). The highest BCUT2D eigenvalue weighted by Gasteiger charge is 2.30. The Morgan fingerprint density at radius 1 is 1.29 bits per heavy atom. The van der Waals surface area contributed by atoms with Gasteiger partial charge in [0.25, 0.3) is 0 Å². The van der Waals surface area contributed by atoms with Crippen molar-refractivity contribution in [2.45, 2.75) is 39.7 Å². The Labute approximate surface area is 125 Å². The fourth-order valence-corrected chi connectivity index (χ4v) is 2.52. The summed E-state index contributed by atoms with van der Waals surface area (Å²) >= 11 is 0. The number of nitrogens with zero attached hydrogens (tertiary/aromatic N) is 4. The van der Waals surface area contributed by atoms with Crippen molar-refractivity contribution in [3.63, 3.8) is 0 Å². The van der Waals surface area contributed by atoms with E-state index in [0.29, 0.717) is 25.6 Å². The van der Waals surface area contributed by atoms with Crippen LogP contribution in [0, 0.1) is 0 Å². The zero-order chi connectivity index (χ0) is 15.2. The van der Waals surface area contributed by atoms with Crippen LogP contribution in [0.2, 0.25) is 0 Å². The van der Waals surface area contributed by atoms with Crippen molar-refractivity contribution >= 4 is 11.9 Å². The molecule has 0 saturated carbocycles. The van der Waals surface area contributed by atoms with Gasteiger partial charge in [-0.2, -0.15) is 5.10 Å². The number of rotatable bonds is 5. The third-order valence-electron chi connectivity index (χ3n) is 3.65. The van der Waals surface area contributed by atoms with Crippen molar-refractivity contribution < 1.29 is 4.79 Å². The average molecular weight is 292 g/mol. The largest absolute Gasteiger partial charge is 0.355 e. The minimum Gasteiger partial charge on any atom is -0.355 e. The maximum absolute atomic E-state index is 12.2. The van der Waals surface area contributed by atoms with Crippen molar-refractivity contribution in [2.75, 3.05) is 31.1 Å². The number of nitrogens with one attached hydrogen (secondary N) is 2. The summed E-state index contributed by atoms with van der Waals surface area (Å²) in [5.74, 6) is 0.563. The van der Waals surface area contributed by atoms with Crippen molar-refractivity contribution in [2.24, 2.45) is 0 Å². The van der Waals surface area contributed by atoms with Crippen molar-refractivity contribution in [1.29, 1.82) is 0 Å². The lowest BCUT2D eigenvalue weighted by Crippen LogP contribution is -2.58. The van der Waals surface area contributed by atoms with Crippen LogP contribution in [-0.4, -0.2) is 53.3 Å². The van der Waals surface area contributed by atoms with Crippen molar-refractivity contribution in [3.05, 3.63) is 11.4 Å². The van der Waals surface area contributed by atoms with Gasteiger partial charge in [-0.25, -0.2) is 4.98 Å². The minimum atomic E-state index is -0.280. The molecule has 2 heterocycles. The van der Waals surface area contributed by atoms with E-state index in [1.54, 1.807) is 0 Å². The summed E-state index contributed by atoms with van der Waals surface area (Å²) in [4.78, 5) is 18.8. The number of hydrogen-bond donors (Lipinski definition) is 2. The number of anilines is 1. The summed E-state index contributed by atoms with van der Waals surface area (Å²) in [6, 6.07) is -0.280. The third kappa shape index (κ3) is 3.47. The highest BCUT2D eigenvalue weighted by molar-refractivity contribution is 5.85. The monoisotopic (exact) mass is 292 g/mol. The van der Waals surface area contributed by atoms with Gasteiger partial charge in [0.15, 0.2) is 0 Å². The molecule has 1 saturated heterocycles. The van der Waals surface area contributed by atoms with Gasteiger partial charge in [-0.15, -0.1) is 5.10 Å². The lowest BCUT2D eigenvalue weighted by molar-refractivity contribution is -0.122. The fourth-order valence-electron chi connectivity index (χ4n) is 2.52. The van der Waals surface area contributed by atoms with Crippen LogP contribution in [0.5, 0.6) is 0 Å². The lowest BCUT2D eigenvalue weighted by atomic mass is 10.2. The van der Waals surface area contributed by atoms with Crippen LogP contribution in [0.15, 0.2) is 0 Å². The SMILES string of the molecule is CCNC(=O)C1CNCCN1c1nnc(CC)c(CC)n1. The molecule has 116 valence electrons. The van der Waals surface area contributed by atoms with E-state index in [0.717, 1.165) is 30.8 Å². The number of aromatic nitrogens is 3. The number of hydrogen-bond acceptors (Lipinski definition) is 6. The summed E-state index contributed by atoms with van der Waals surface area (Å²) in [6.45, 7) is 8.78. The second-order valence-corrected chi connectivity index (χ2v) is 5.02. The van der Waals surface area contributed by atoms with Gasteiger partial charge in [-0.1, -0.05) is 13.8 Å². The zero-order valence-corrected chi connectivity index (χ0v) is 13.0. The molecule has 0 radical (unpaired) electrons. The maximum atomic E-state index is 12.2. The molecule has 0 aliphatic carbocycles. The van der Waals surface area contributed by atoms with Crippen LogP contribution in [0.1, 0.15) is 32.2 Å². The average Bonchev–Trinajstić information content (AvgIpc) is 2.54. The summed E-state index contributed by atoms with van der Waals surface area (Å²) in [5.41, 5.74) is 1.90. The van der Waals surface area contributed by atoms with Crippen LogP contribution in [0.25, 0.3) is 0 Å². The van der Waals surface area contributed by atoms with Gasteiger partial charge in [-0.05, 0) is 19.8 Å². The van der Waals surface area contributed by atoms with E-state index >= 15 is 0 Å². The number of amides is 1. The van der Waals surface area contributed by atoms with E-state index in [4.69, 9.17) is 0 Å². The first-order chi connectivity index (χ1) is 10.2. The highest BCUT2D eigenvalue weighted by Crippen LogP contribution is 2.15. The number of likely N-dealkylation sites (N-methyl/N-ethyl adjacent to an activating group) is 1. The maximum Gasteiger partial charge on any atom is 0.246 e. The molecule has 7 nitrogen and oxygen atoms in total. The van der Waals surface area contributed by atoms with Gasteiger partial charge in [0.05, 0.1) is 11.4 Å². The number of piperazine rings is 1. The van der Waals surface area contributed by atoms with Crippen LogP contribution in [-0.2, 0) is 17.6 Å². The molecule has 1 aromatic rings. The Bertz CT molecular complexity index is 492. The van der Waals surface area contributed by atoms with Crippen molar-refractivity contribution in [1.82, 2.24) is 25.8 Å². The summed E-state index contributed by atoms with van der Waals surface area (Å²) in [5, 5.41) is 14.6. The first-order valence-electron chi connectivity index (χ1n) is 7.68. The van der Waals surface area contributed by atoms with Crippen LogP contribution < -0.4 is 15.5 Å². The second-order valence-electron chi connectivity index (χ2n) is 5.02. The van der Waals surface area contributed by atoms with Gasteiger partial charge >= 0.3 is 0 Å².